The van der Waals surface area contributed by atoms with Gasteiger partial charge in [0, 0.05) is 5.56 Å². The molecule has 0 fully saturated rings. The summed E-state index contributed by atoms with van der Waals surface area (Å²) < 4.78 is 33.5. The maximum Gasteiger partial charge on any atom is 0.285 e. The average molecular weight is 373 g/mol. The van der Waals surface area contributed by atoms with Crippen LogP contribution in [0.5, 0.6) is 5.75 Å². The summed E-state index contributed by atoms with van der Waals surface area (Å²) in [4.78, 5) is 0.144. The summed E-state index contributed by atoms with van der Waals surface area (Å²) in [7, 11) is -2.17. The number of ether oxygens (including phenoxy) is 1. The predicted octanol–water partition coefficient (Wildman–Crippen LogP) is 1.86. The van der Waals surface area contributed by atoms with Gasteiger partial charge in [0.2, 0.25) is 0 Å². The van der Waals surface area contributed by atoms with Crippen LogP contribution < -0.4 is 4.74 Å². The molecular formula is C18H19N3O4S. The fourth-order valence-corrected chi connectivity index (χ4v) is 3.75. The van der Waals surface area contributed by atoms with Crippen molar-refractivity contribution in [2.75, 3.05) is 13.7 Å². The van der Waals surface area contributed by atoms with Gasteiger partial charge in [-0.15, -0.1) is 4.40 Å². The summed E-state index contributed by atoms with van der Waals surface area (Å²) in [5, 5.41) is 15.5. The largest absolute Gasteiger partial charge is 0.497 e. The van der Waals surface area contributed by atoms with Gasteiger partial charge in [-0.3, -0.25) is 0 Å². The highest BCUT2D eigenvalue weighted by Crippen LogP contribution is 2.27. The molecule has 1 heterocycles. The maximum atomic E-state index is 12.3. The van der Waals surface area contributed by atoms with Crippen LogP contribution in [-0.2, 0) is 10.0 Å². The van der Waals surface area contributed by atoms with Crippen LogP contribution in [0.25, 0.3) is 0 Å². The molecule has 1 N–H and O–H groups in total. The highest BCUT2D eigenvalue weighted by molar-refractivity contribution is 7.90. The number of hydrogen-bond acceptors (Lipinski definition) is 6. The number of hydrogen-bond donors (Lipinski definition) is 1. The van der Waals surface area contributed by atoms with Crippen LogP contribution in [0.3, 0.4) is 0 Å². The number of sulfonamides is 1. The summed E-state index contributed by atoms with van der Waals surface area (Å²) in [6.07, 6.45) is 0.860. The lowest BCUT2D eigenvalue weighted by atomic mass is 10.2. The number of aliphatic hydroxyl groups excluding tert-OH is 1. The SMILES string of the molecule is COc1ccc(/C=N\N(C[C@H](C)O)C2=NS(=O)(=O)c3ccccc32)cc1. The van der Waals surface area contributed by atoms with E-state index in [9.17, 15) is 13.5 Å². The molecule has 0 bridgehead atoms. The molecule has 3 rings (SSSR count). The molecule has 1 aliphatic heterocycles. The van der Waals surface area contributed by atoms with E-state index in [0.717, 1.165) is 11.3 Å². The molecule has 0 aromatic heterocycles. The van der Waals surface area contributed by atoms with Crippen LogP contribution in [0.2, 0.25) is 0 Å². The van der Waals surface area contributed by atoms with Gasteiger partial charge in [-0.25, -0.2) is 5.01 Å². The van der Waals surface area contributed by atoms with E-state index in [0.29, 0.717) is 5.56 Å². The molecule has 0 amide bonds. The minimum Gasteiger partial charge on any atom is -0.497 e. The molecule has 2 aromatic carbocycles. The highest BCUT2D eigenvalue weighted by Gasteiger charge is 2.32. The Morgan fingerprint density at radius 3 is 2.58 bits per heavy atom. The Hall–Kier alpha value is -2.71. The van der Waals surface area contributed by atoms with Gasteiger partial charge in [0.15, 0.2) is 5.84 Å². The fraction of sp³-hybridized carbons (Fsp3) is 0.222. The first-order valence-corrected chi connectivity index (χ1v) is 9.43. The third-order valence-corrected chi connectivity index (χ3v) is 5.08. The van der Waals surface area contributed by atoms with Crippen molar-refractivity contribution in [2.45, 2.75) is 17.9 Å². The van der Waals surface area contributed by atoms with Crippen molar-refractivity contribution in [2.24, 2.45) is 9.50 Å². The quantitative estimate of drug-likeness (QED) is 0.638. The van der Waals surface area contributed by atoms with Crippen LogP contribution in [0.4, 0.5) is 0 Å². The van der Waals surface area contributed by atoms with E-state index in [1.165, 1.54) is 11.1 Å². The van der Waals surface area contributed by atoms with Gasteiger partial charge in [0.05, 0.1) is 26.0 Å². The first-order valence-electron chi connectivity index (χ1n) is 7.99. The molecule has 0 unspecified atom stereocenters. The lowest BCUT2D eigenvalue weighted by molar-refractivity contribution is 0.161. The van der Waals surface area contributed by atoms with Crippen molar-refractivity contribution in [1.29, 1.82) is 0 Å². The number of fused-ring (bicyclic) bond motifs is 1. The maximum absolute atomic E-state index is 12.3. The van der Waals surface area contributed by atoms with E-state index in [-0.39, 0.29) is 17.3 Å². The molecule has 0 radical (unpaired) electrons. The summed E-state index contributed by atoms with van der Waals surface area (Å²) in [5.41, 5.74) is 1.27. The van der Waals surface area contributed by atoms with Crippen LogP contribution in [0.1, 0.15) is 18.1 Å². The van der Waals surface area contributed by atoms with Gasteiger partial charge in [-0.2, -0.15) is 13.5 Å². The number of methoxy groups -OCH3 is 1. The molecule has 7 nitrogen and oxygen atoms in total. The Kier molecular flexibility index (Phi) is 5.06. The summed E-state index contributed by atoms with van der Waals surface area (Å²) >= 11 is 0. The first kappa shape index (κ1) is 18.1. The zero-order chi connectivity index (χ0) is 18.7. The molecule has 136 valence electrons. The van der Waals surface area contributed by atoms with E-state index >= 15 is 0 Å². The Morgan fingerprint density at radius 2 is 1.92 bits per heavy atom. The first-order chi connectivity index (χ1) is 12.4. The summed E-state index contributed by atoms with van der Waals surface area (Å²) in [6.45, 7) is 1.71. The number of aliphatic hydroxyl groups is 1. The Morgan fingerprint density at radius 1 is 1.23 bits per heavy atom. The lowest BCUT2D eigenvalue weighted by Crippen LogP contribution is -2.32. The molecule has 0 aliphatic carbocycles. The molecule has 8 heteroatoms. The molecule has 0 saturated carbocycles. The van der Waals surface area contributed by atoms with Crippen molar-refractivity contribution < 1.29 is 18.3 Å². The lowest BCUT2D eigenvalue weighted by Gasteiger charge is -2.20. The van der Waals surface area contributed by atoms with Crippen molar-refractivity contribution in [3.63, 3.8) is 0 Å². The standard InChI is InChI=1S/C18H19N3O4S/c1-13(22)12-21(19-11-14-7-9-15(25-2)10-8-14)18-16-5-3-4-6-17(16)26(23,24)20-18/h3-11,13,22H,12H2,1-2H3/b19-11-/t13-/m0/s1. The van der Waals surface area contributed by atoms with Crippen LogP contribution >= 0.6 is 0 Å². The third-order valence-electron chi connectivity index (χ3n) is 3.76. The van der Waals surface area contributed by atoms with Gasteiger partial charge in [-0.1, -0.05) is 12.1 Å². The molecule has 0 spiro atoms. The number of amidine groups is 1. The van der Waals surface area contributed by atoms with Gasteiger partial charge >= 0.3 is 0 Å². The monoisotopic (exact) mass is 373 g/mol. The van der Waals surface area contributed by atoms with Crippen molar-refractivity contribution in [3.05, 3.63) is 59.7 Å². The molecule has 1 aliphatic rings. The second-order valence-corrected chi connectivity index (χ2v) is 7.41. The number of rotatable bonds is 5. The number of benzene rings is 2. The molecular weight excluding hydrogens is 354 g/mol. The zero-order valence-corrected chi connectivity index (χ0v) is 15.2. The van der Waals surface area contributed by atoms with E-state index in [4.69, 9.17) is 4.74 Å². The van der Waals surface area contributed by atoms with Crippen molar-refractivity contribution in [1.82, 2.24) is 5.01 Å². The molecule has 2 aromatic rings. The van der Waals surface area contributed by atoms with Crippen LogP contribution in [-0.4, -0.2) is 50.3 Å². The van der Waals surface area contributed by atoms with Crippen molar-refractivity contribution in [3.8, 4) is 5.75 Å². The minimum atomic E-state index is -3.75. The normalized spacial score (nSPS) is 16.2. The second kappa shape index (κ2) is 7.27. The smallest absolute Gasteiger partial charge is 0.285 e. The molecule has 0 saturated heterocycles. The van der Waals surface area contributed by atoms with Gasteiger partial charge in [0.1, 0.15) is 10.6 Å². The highest BCUT2D eigenvalue weighted by atomic mass is 32.2. The number of nitrogens with zero attached hydrogens (tertiary/aromatic N) is 3. The topological polar surface area (TPSA) is 91.6 Å². The van der Waals surface area contributed by atoms with Gasteiger partial charge in [-0.05, 0) is 48.9 Å². The van der Waals surface area contributed by atoms with Gasteiger partial charge in [0.25, 0.3) is 10.0 Å². The van der Waals surface area contributed by atoms with E-state index in [2.05, 4.69) is 9.50 Å². The summed E-state index contributed by atoms with van der Waals surface area (Å²) in [5.74, 6) is 0.925. The predicted molar refractivity (Wildman–Crippen MR) is 99.1 cm³/mol. The minimum absolute atomic E-state index is 0.106. The third kappa shape index (κ3) is 3.76. The molecule has 1 atom stereocenters. The summed E-state index contributed by atoms with van der Waals surface area (Å²) in [6, 6.07) is 13.8. The van der Waals surface area contributed by atoms with Crippen molar-refractivity contribution >= 4 is 22.1 Å². The average Bonchev–Trinajstić information content (AvgIpc) is 2.90. The van der Waals surface area contributed by atoms with Crippen LogP contribution in [0, 0.1) is 0 Å². The van der Waals surface area contributed by atoms with Gasteiger partial charge < -0.3 is 9.84 Å². The van der Waals surface area contributed by atoms with E-state index < -0.39 is 16.1 Å². The second-order valence-electron chi connectivity index (χ2n) is 5.83. The fourth-order valence-electron chi connectivity index (χ4n) is 2.54. The Bertz CT molecular complexity index is 951. The van der Waals surface area contributed by atoms with E-state index in [1.807, 2.05) is 12.1 Å². The number of hydrazone groups is 1. The van der Waals surface area contributed by atoms with E-state index in [1.54, 1.807) is 50.6 Å². The van der Waals surface area contributed by atoms with Crippen LogP contribution in [0.15, 0.2) is 62.9 Å². The Labute approximate surface area is 152 Å². The Balaban J connectivity index is 1.95. The molecule has 26 heavy (non-hydrogen) atoms. The zero-order valence-electron chi connectivity index (χ0n) is 14.4.